The molecule has 0 rings (SSSR count). The van der Waals surface area contributed by atoms with Crippen LogP contribution in [-0.2, 0) is 19.3 Å². The smallest absolute Gasteiger partial charge is 0.152 e. The van der Waals surface area contributed by atoms with Crippen molar-refractivity contribution in [2.24, 2.45) is 0 Å². The molecule has 0 N–H and O–H groups in total. The summed E-state index contributed by atoms with van der Waals surface area (Å²) in [5.41, 5.74) is 0. The van der Waals surface area contributed by atoms with Crippen molar-refractivity contribution in [3.05, 3.63) is 0 Å². The van der Waals surface area contributed by atoms with E-state index >= 15 is 0 Å². The largest absolute Gasteiger partial charge is 0.378 e. The summed E-state index contributed by atoms with van der Waals surface area (Å²) < 4.78 is 43.3. The van der Waals surface area contributed by atoms with Crippen LogP contribution in [0.3, 0.4) is 0 Å². The predicted octanol–water partition coefficient (Wildman–Crippen LogP) is 0.424. The van der Waals surface area contributed by atoms with Gasteiger partial charge in [0, 0.05) is 5.75 Å². The molecule has 0 spiro atoms. The summed E-state index contributed by atoms with van der Waals surface area (Å²) >= 11 is 0. The SMILES string of the molecule is CCS(=O)(=O)CCOCCOCCF. The molecule has 86 valence electrons. The van der Waals surface area contributed by atoms with E-state index < -0.39 is 16.5 Å². The molecule has 0 atom stereocenters. The Labute approximate surface area is 84.3 Å². The Morgan fingerprint density at radius 1 is 1.07 bits per heavy atom. The molecule has 0 unspecified atom stereocenters. The Bertz CT molecular complexity index is 215. The average molecular weight is 228 g/mol. The lowest BCUT2D eigenvalue weighted by Crippen LogP contribution is -2.16. The minimum Gasteiger partial charge on any atom is -0.378 e. The zero-order valence-electron chi connectivity index (χ0n) is 8.37. The molecule has 0 fully saturated rings. The van der Waals surface area contributed by atoms with E-state index in [1.54, 1.807) is 6.92 Å². The van der Waals surface area contributed by atoms with Crippen molar-refractivity contribution < 1.29 is 22.3 Å². The van der Waals surface area contributed by atoms with Crippen molar-refractivity contribution in [3.8, 4) is 0 Å². The summed E-state index contributed by atoms with van der Waals surface area (Å²) in [5, 5.41) is 0. The molecule has 0 aliphatic carbocycles. The van der Waals surface area contributed by atoms with E-state index in [1.807, 2.05) is 0 Å². The van der Waals surface area contributed by atoms with Crippen molar-refractivity contribution in [2.75, 3.05) is 44.6 Å². The number of alkyl halides is 1. The normalized spacial score (nSPS) is 11.9. The highest BCUT2D eigenvalue weighted by atomic mass is 32.2. The maximum absolute atomic E-state index is 11.5. The molecule has 0 aromatic carbocycles. The van der Waals surface area contributed by atoms with Gasteiger partial charge in [-0.2, -0.15) is 0 Å². The Kier molecular flexibility index (Phi) is 8.02. The van der Waals surface area contributed by atoms with Gasteiger partial charge in [-0.05, 0) is 0 Å². The summed E-state index contributed by atoms with van der Waals surface area (Å²) in [4.78, 5) is 0. The van der Waals surface area contributed by atoms with Crippen LogP contribution in [0.25, 0.3) is 0 Å². The third kappa shape index (κ3) is 8.40. The van der Waals surface area contributed by atoms with Crippen molar-refractivity contribution in [3.63, 3.8) is 0 Å². The van der Waals surface area contributed by atoms with Gasteiger partial charge >= 0.3 is 0 Å². The molecular weight excluding hydrogens is 211 g/mol. The van der Waals surface area contributed by atoms with Crippen LogP contribution in [0.2, 0.25) is 0 Å². The van der Waals surface area contributed by atoms with Gasteiger partial charge in [0.2, 0.25) is 0 Å². The van der Waals surface area contributed by atoms with Crippen LogP contribution in [0.1, 0.15) is 6.92 Å². The molecule has 0 saturated carbocycles. The number of halogens is 1. The van der Waals surface area contributed by atoms with Crippen LogP contribution in [0.5, 0.6) is 0 Å². The third-order valence-electron chi connectivity index (χ3n) is 1.57. The summed E-state index contributed by atoms with van der Waals surface area (Å²) in [6, 6.07) is 0. The Balaban J connectivity index is 3.22. The molecule has 0 bridgehead atoms. The van der Waals surface area contributed by atoms with Crippen LogP contribution in [0, 0.1) is 0 Å². The zero-order valence-corrected chi connectivity index (χ0v) is 9.19. The fourth-order valence-corrected chi connectivity index (χ4v) is 1.37. The number of hydrogen-bond donors (Lipinski definition) is 0. The predicted molar refractivity (Wildman–Crippen MR) is 51.9 cm³/mol. The van der Waals surface area contributed by atoms with Crippen molar-refractivity contribution in [1.29, 1.82) is 0 Å². The maximum atomic E-state index is 11.5. The third-order valence-corrected chi connectivity index (χ3v) is 3.24. The summed E-state index contributed by atoms with van der Waals surface area (Å²) in [6.45, 7) is 1.94. The van der Waals surface area contributed by atoms with E-state index in [2.05, 4.69) is 0 Å². The van der Waals surface area contributed by atoms with Crippen LogP contribution in [0.15, 0.2) is 0 Å². The lowest BCUT2D eigenvalue weighted by Gasteiger charge is -2.04. The monoisotopic (exact) mass is 228 g/mol. The summed E-state index contributed by atoms with van der Waals surface area (Å²) in [5.74, 6) is 0.168. The molecule has 6 heteroatoms. The molecule has 14 heavy (non-hydrogen) atoms. The minimum atomic E-state index is -2.94. The topological polar surface area (TPSA) is 52.6 Å². The molecule has 0 aromatic rings. The summed E-state index contributed by atoms with van der Waals surface area (Å²) in [7, 11) is -2.94. The second-order valence-corrected chi connectivity index (χ2v) is 5.12. The first kappa shape index (κ1) is 13.8. The van der Waals surface area contributed by atoms with Crippen molar-refractivity contribution >= 4 is 9.84 Å². The van der Waals surface area contributed by atoms with Crippen LogP contribution in [0.4, 0.5) is 4.39 Å². The first-order valence-electron chi connectivity index (χ1n) is 4.54. The van der Waals surface area contributed by atoms with Crippen molar-refractivity contribution in [1.82, 2.24) is 0 Å². The molecule has 0 heterocycles. The van der Waals surface area contributed by atoms with Gasteiger partial charge in [0.05, 0.1) is 32.2 Å². The molecule has 0 radical (unpaired) electrons. The van der Waals surface area contributed by atoms with E-state index in [0.29, 0.717) is 13.2 Å². The van der Waals surface area contributed by atoms with Gasteiger partial charge in [0.25, 0.3) is 0 Å². The molecular formula is C8H17FO4S. The average Bonchev–Trinajstić information content (AvgIpc) is 2.16. The van der Waals surface area contributed by atoms with Crippen molar-refractivity contribution in [2.45, 2.75) is 6.92 Å². The lowest BCUT2D eigenvalue weighted by atomic mass is 10.7. The highest BCUT2D eigenvalue weighted by Crippen LogP contribution is 1.89. The lowest BCUT2D eigenvalue weighted by molar-refractivity contribution is 0.0481. The molecule has 0 aromatic heterocycles. The minimum absolute atomic E-state index is 0.0343. The molecule has 0 amide bonds. The van der Waals surface area contributed by atoms with E-state index in [4.69, 9.17) is 9.47 Å². The second-order valence-electron chi connectivity index (χ2n) is 2.65. The first-order chi connectivity index (χ1) is 6.62. The fraction of sp³-hybridized carbons (Fsp3) is 1.00. The van der Waals surface area contributed by atoms with E-state index in [0.717, 1.165) is 0 Å². The molecule has 0 saturated heterocycles. The highest BCUT2D eigenvalue weighted by molar-refractivity contribution is 7.91. The van der Waals surface area contributed by atoms with Gasteiger partial charge in [0.15, 0.2) is 9.84 Å². The quantitative estimate of drug-likeness (QED) is 0.537. The Morgan fingerprint density at radius 2 is 1.64 bits per heavy atom. The maximum Gasteiger partial charge on any atom is 0.152 e. The van der Waals surface area contributed by atoms with E-state index in [-0.39, 0.29) is 24.7 Å². The Morgan fingerprint density at radius 3 is 2.14 bits per heavy atom. The number of rotatable bonds is 9. The first-order valence-corrected chi connectivity index (χ1v) is 6.36. The van der Waals surface area contributed by atoms with E-state index in [1.165, 1.54) is 0 Å². The second kappa shape index (κ2) is 8.14. The zero-order chi connectivity index (χ0) is 10.9. The van der Waals surface area contributed by atoms with Gasteiger partial charge in [-0.1, -0.05) is 6.92 Å². The number of sulfone groups is 1. The molecule has 4 nitrogen and oxygen atoms in total. The number of hydrogen-bond acceptors (Lipinski definition) is 4. The standard InChI is InChI=1S/C8H17FO4S/c1-2-14(10,11)8-7-13-6-5-12-4-3-9/h2-8H2,1H3. The number of ether oxygens (including phenoxy) is 2. The van der Waals surface area contributed by atoms with Gasteiger partial charge in [-0.3, -0.25) is 0 Å². The molecule has 0 aliphatic heterocycles. The van der Waals surface area contributed by atoms with Gasteiger partial charge in [-0.15, -0.1) is 0 Å². The van der Waals surface area contributed by atoms with Crippen LogP contribution in [-0.4, -0.2) is 53.0 Å². The van der Waals surface area contributed by atoms with Gasteiger partial charge in [-0.25, -0.2) is 12.8 Å². The Hall–Kier alpha value is -0.200. The van der Waals surface area contributed by atoms with Gasteiger partial charge < -0.3 is 9.47 Å². The van der Waals surface area contributed by atoms with Crippen LogP contribution >= 0.6 is 0 Å². The highest BCUT2D eigenvalue weighted by Gasteiger charge is 2.05. The van der Waals surface area contributed by atoms with Gasteiger partial charge in [0.1, 0.15) is 6.67 Å². The fourth-order valence-electron chi connectivity index (χ4n) is 0.707. The summed E-state index contributed by atoms with van der Waals surface area (Å²) in [6.07, 6.45) is 0. The van der Waals surface area contributed by atoms with Crippen LogP contribution < -0.4 is 0 Å². The van der Waals surface area contributed by atoms with E-state index in [9.17, 15) is 12.8 Å². The molecule has 0 aliphatic rings.